The Bertz CT molecular complexity index is 698. The summed E-state index contributed by atoms with van der Waals surface area (Å²) in [6.07, 6.45) is 0. The molecular weight excluding hydrogens is 316 g/mol. The molecule has 0 amide bonds. The van der Waals surface area contributed by atoms with Crippen LogP contribution >= 0.6 is 0 Å². The van der Waals surface area contributed by atoms with E-state index in [1.165, 1.54) is 17.1 Å². The number of ether oxygens (including phenoxy) is 1. The van der Waals surface area contributed by atoms with Crippen molar-refractivity contribution in [2.45, 2.75) is 46.2 Å². The average Bonchev–Trinajstić information content (AvgIpc) is 3.17. The van der Waals surface area contributed by atoms with Crippen molar-refractivity contribution in [1.29, 1.82) is 0 Å². The van der Waals surface area contributed by atoms with Crippen molar-refractivity contribution >= 4 is 5.82 Å². The lowest BCUT2D eigenvalue weighted by atomic mass is 10.0. The number of hydrogen-bond acceptors (Lipinski definition) is 5. The Morgan fingerprint density at radius 2 is 1.92 bits per heavy atom. The molecule has 25 heavy (non-hydrogen) atoms. The second-order valence-corrected chi connectivity index (χ2v) is 7.12. The Morgan fingerprint density at radius 3 is 2.52 bits per heavy atom. The van der Waals surface area contributed by atoms with Gasteiger partial charge in [-0.2, -0.15) is 5.10 Å². The summed E-state index contributed by atoms with van der Waals surface area (Å²) >= 11 is 0. The molecule has 138 valence electrons. The van der Waals surface area contributed by atoms with E-state index in [-0.39, 0.29) is 6.04 Å². The van der Waals surface area contributed by atoms with Crippen LogP contribution in [0.2, 0.25) is 0 Å². The van der Waals surface area contributed by atoms with Gasteiger partial charge < -0.3 is 19.4 Å². The highest BCUT2D eigenvalue weighted by Gasteiger charge is 2.24. The van der Waals surface area contributed by atoms with E-state index in [1.54, 1.807) is 0 Å². The number of anilines is 1. The van der Waals surface area contributed by atoms with E-state index in [4.69, 9.17) is 14.3 Å². The minimum Gasteiger partial charge on any atom is -0.465 e. The lowest BCUT2D eigenvalue weighted by Crippen LogP contribution is -2.38. The van der Waals surface area contributed by atoms with Gasteiger partial charge in [0, 0.05) is 32.2 Å². The van der Waals surface area contributed by atoms with Gasteiger partial charge in [-0.15, -0.1) is 0 Å². The summed E-state index contributed by atoms with van der Waals surface area (Å²) in [5, 5.41) is 8.42. The molecule has 6 nitrogen and oxygen atoms in total. The third-order valence-electron chi connectivity index (χ3n) is 4.77. The predicted molar refractivity (Wildman–Crippen MR) is 99.0 cm³/mol. The van der Waals surface area contributed by atoms with Crippen LogP contribution in [0.5, 0.6) is 0 Å². The maximum atomic E-state index is 5.75. The van der Waals surface area contributed by atoms with Gasteiger partial charge in [-0.3, -0.25) is 4.68 Å². The molecule has 6 heteroatoms. The molecular formula is C19H30N4O2. The number of nitrogens with zero attached hydrogens (tertiary/aromatic N) is 3. The predicted octanol–water partition coefficient (Wildman–Crippen LogP) is 3.13. The molecule has 0 aromatic carbocycles. The standard InChI is InChI=1S/C19H30N4O2/c1-13(2)18-16(12-20-15(4)17-7-6-14(3)25-17)19(22(5)21-18)23-8-10-24-11-9-23/h6-7,13,15,20H,8-12H2,1-5H3/t15-/m0/s1. The van der Waals surface area contributed by atoms with Gasteiger partial charge in [-0.05, 0) is 31.9 Å². The van der Waals surface area contributed by atoms with Gasteiger partial charge in [0.15, 0.2) is 0 Å². The van der Waals surface area contributed by atoms with Crippen LogP contribution in [-0.2, 0) is 18.3 Å². The molecule has 1 saturated heterocycles. The molecule has 1 N–H and O–H groups in total. The number of aryl methyl sites for hydroxylation is 2. The first kappa shape index (κ1) is 18.0. The molecule has 0 saturated carbocycles. The Balaban J connectivity index is 1.82. The van der Waals surface area contributed by atoms with Crippen molar-refractivity contribution in [2.75, 3.05) is 31.2 Å². The van der Waals surface area contributed by atoms with Crippen LogP contribution in [-0.4, -0.2) is 36.1 Å². The van der Waals surface area contributed by atoms with Gasteiger partial charge in [0.05, 0.1) is 24.9 Å². The van der Waals surface area contributed by atoms with Crippen LogP contribution < -0.4 is 10.2 Å². The Labute approximate surface area is 150 Å². The normalized spacial score (nSPS) is 16.6. The van der Waals surface area contributed by atoms with Gasteiger partial charge in [-0.1, -0.05) is 13.8 Å². The highest BCUT2D eigenvalue weighted by molar-refractivity contribution is 5.51. The monoisotopic (exact) mass is 346 g/mol. The SMILES string of the molecule is Cc1ccc([C@H](C)NCc2c(C(C)C)nn(C)c2N2CCOCC2)o1. The third-order valence-corrected chi connectivity index (χ3v) is 4.77. The van der Waals surface area contributed by atoms with Gasteiger partial charge in [0.25, 0.3) is 0 Å². The number of nitrogens with one attached hydrogen (secondary N) is 1. The molecule has 0 spiro atoms. The second-order valence-electron chi connectivity index (χ2n) is 7.12. The number of hydrogen-bond donors (Lipinski definition) is 1. The highest BCUT2D eigenvalue weighted by Crippen LogP contribution is 2.29. The van der Waals surface area contributed by atoms with E-state index in [9.17, 15) is 0 Å². The van der Waals surface area contributed by atoms with Crippen molar-refractivity contribution in [3.63, 3.8) is 0 Å². The first-order chi connectivity index (χ1) is 12.0. The topological polar surface area (TPSA) is 55.5 Å². The van der Waals surface area contributed by atoms with Gasteiger partial charge >= 0.3 is 0 Å². The molecule has 1 atom stereocenters. The summed E-state index contributed by atoms with van der Waals surface area (Å²) in [4.78, 5) is 2.39. The molecule has 0 aliphatic carbocycles. The summed E-state index contributed by atoms with van der Waals surface area (Å²) in [5.41, 5.74) is 2.45. The van der Waals surface area contributed by atoms with Crippen molar-refractivity contribution in [2.24, 2.45) is 7.05 Å². The van der Waals surface area contributed by atoms with E-state index in [0.717, 1.165) is 44.4 Å². The van der Waals surface area contributed by atoms with Gasteiger partial charge in [0.1, 0.15) is 17.3 Å². The lowest BCUT2D eigenvalue weighted by molar-refractivity contribution is 0.122. The molecule has 1 fully saturated rings. The molecule has 1 aliphatic heterocycles. The highest BCUT2D eigenvalue weighted by atomic mass is 16.5. The molecule has 2 aromatic heterocycles. The minimum atomic E-state index is 0.159. The van der Waals surface area contributed by atoms with Crippen molar-refractivity contribution in [3.8, 4) is 0 Å². The fourth-order valence-corrected chi connectivity index (χ4v) is 3.43. The minimum absolute atomic E-state index is 0.159. The van der Waals surface area contributed by atoms with E-state index < -0.39 is 0 Å². The number of rotatable bonds is 6. The lowest BCUT2D eigenvalue weighted by Gasteiger charge is -2.30. The van der Waals surface area contributed by atoms with Crippen molar-refractivity contribution in [3.05, 3.63) is 34.9 Å². The number of morpholine rings is 1. The molecule has 2 aromatic rings. The van der Waals surface area contributed by atoms with Gasteiger partial charge in [0.2, 0.25) is 0 Å². The average molecular weight is 346 g/mol. The van der Waals surface area contributed by atoms with Gasteiger partial charge in [-0.25, -0.2) is 0 Å². The Kier molecular flexibility index (Phi) is 5.49. The fraction of sp³-hybridized carbons (Fsp3) is 0.632. The number of aromatic nitrogens is 2. The molecule has 0 bridgehead atoms. The van der Waals surface area contributed by atoms with E-state index in [1.807, 2.05) is 30.8 Å². The Hall–Kier alpha value is -1.79. The van der Waals surface area contributed by atoms with E-state index in [0.29, 0.717) is 5.92 Å². The maximum Gasteiger partial charge on any atom is 0.131 e. The molecule has 3 heterocycles. The van der Waals surface area contributed by atoms with E-state index in [2.05, 4.69) is 31.0 Å². The molecule has 0 unspecified atom stereocenters. The first-order valence-corrected chi connectivity index (χ1v) is 9.15. The third kappa shape index (κ3) is 3.90. The second kappa shape index (κ2) is 7.62. The summed E-state index contributed by atoms with van der Waals surface area (Å²) in [6.45, 7) is 12.7. The summed E-state index contributed by atoms with van der Waals surface area (Å²) in [7, 11) is 2.04. The molecule has 0 radical (unpaired) electrons. The first-order valence-electron chi connectivity index (χ1n) is 9.15. The van der Waals surface area contributed by atoms with Crippen LogP contribution in [0.4, 0.5) is 5.82 Å². The van der Waals surface area contributed by atoms with Crippen LogP contribution in [0.15, 0.2) is 16.5 Å². The molecule has 1 aliphatic rings. The largest absolute Gasteiger partial charge is 0.465 e. The van der Waals surface area contributed by atoms with E-state index >= 15 is 0 Å². The zero-order valence-electron chi connectivity index (χ0n) is 16.0. The van der Waals surface area contributed by atoms with Crippen LogP contribution in [0.25, 0.3) is 0 Å². The smallest absolute Gasteiger partial charge is 0.131 e. The van der Waals surface area contributed by atoms with Crippen LogP contribution in [0.1, 0.15) is 55.5 Å². The van der Waals surface area contributed by atoms with Crippen LogP contribution in [0, 0.1) is 6.92 Å². The van der Waals surface area contributed by atoms with Crippen LogP contribution in [0.3, 0.4) is 0 Å². The zero-order valence-corrected chi connectivity index (χ0v) is 16.0. The zero-order chi connectivity index (χ0) is 18.0. The number of furan rings is 1. The maximum absolute atomic E-state index is 5.75. The summed E-state index contributed by atoms with van der Waals surface area (Å²) in [5.74, 6) is 3.52. The molecule has 3 rings (SSSR count). The van der Waals surface area contributed by atoms with Crippen molar-refractivity contribution in [1.82, 2.24) is 15.1 Å². The Morgan fingerprint density at radius 1 is 1.20 bits per heavy atom. The van der Waals surface area contributed by atoms with Crippen molar-refractivity contribution < 1.29 is 9.15 Å². The quantitative estimate of drug-likeness (QED) is 0.871. The summed E-state index contributed by atoms with van der Waals surface area (Å²) < 4.78 is 13.3. The summed E-state index contributed by atoms with van der Waals surface area (Å²) in [6, 6.07) is 4.21. The fourth-order valence-electron chi connectivity index (χ4n) is 3.43.